The van der Waals surface area contributed by atoms with Crippen molar-refractivity contribution in [3.05, 3.63) is 54.2 Å². The molecule has 2 heterocycles. The molecule has 1 aliphatic heterocycles. The van der Waals surface area contributed by atoms with Crippen LogP contribution in [0.2, 0.25) is 0 Å². The number of nitrogens with one attached hydrogen (secondary N) is 2. The molecular formula is C20H17F2N3O5. The number of imide groups is 1. The van der Waals surface area contributed by atoms with Gasteiger partial charge in [0.2, 0.25) is 0 Å². The molecule has 2 aromatic carbocycles. The van der Waals surface area contributed by atoms with Gasteiger partial charge in [0.05, 0.1) is 13.7 Å². The summed E-state index contributed by atoms with van der Waals surface area (Å²) in [5, 5.41) is 16.7. The molecule has 1 aromatic heterocycles. The van der Waals surface area contributed by atoms with Gasteiger partial charge in [-0.3, -0.25) is 10.1 Å². The normalized spacial score (nSPS) is 18.5. The van der Waals surface area contributed by atoms with Crippen LogP contribution in [0.4, 0.5) is 13.6 Å². The fraction of sp³-hybridized carbons (Fsp3) is 0.200. The Balaban J connectivity index is 1.75. The number of benzene rings is 2. The number of carbonyl (C=O) groups excluding carboxylic acids is 2. The van der Waals surface area contributed by atoms with Gasteiger partial charge < -0.3 is 24.5 Å². The van der Waals surface area contributed by atoms with E-state index < -0.39 is 24.1 Å². The van der Waals surface area contributed by atoms with Gasteiger partial charge in [-0.1, -0.05) is 12.1 Å². The number of urea groups is 1. The van der Waals surface area contributed by atoms with Crippen LogP contribution >= 0.6 is 0 Å². The zero-order valence-corrected chi connectivity index (χ0v) is 15.7. The number of methoxy groups -OCH3 is 1. The summed E-state index contributed by atoms with van der Waals surface area (Å²) < 4.78 is 35.8. The van der Waals surface area contributed by atoms with Crippen molar-refractivity contribution in [3.63, 3.8) is 0 Å². The maximum Gasteiger partial charge on any atom is 0.387 e. The fourth-order valence-electron chi connectivity index (χ4n) is 3.55. The second kappa shape index (κ2) is 7.21. The first kappa shape index (κ1) is 19.5. The van der Waals surface area contributed by atoms with Crippen LogP contribution in [0.3, 0.4) is 0 Å². The number of aromatic hydroxyl groups is 1. The van der Waals surface area contributed by atoms with Crippen LogP contribution in [0.15, 0.2) is 48.7 Å². The monoisotopic (exact) mass is 417 g/mol. The Morgan fingerprint density at radius 1 is 1.13 bits per heavy atom. The summed E-state index contributed by atoms with van der Waals surface area (Å²) in [6, 6.07) is 9.80. The van der Waals surface area contributed by atoms with E-state index in [1.165, 1.54) is 35.9 Å². The van der Waals surface area contributed by atoms with E-state index in [1.54, 1.807) is 24.4 Å². The molecule has 4 rings (SSSR count). The van der Waals surface area contributed by atoms with E-state index in [0.29, 0.717) is 22.1 Å². The number of carbonyl (C=O) groups is 2. The topological polar surface area (TPSA) is 102 Å². The van der Waals surface area contributed by atoms with Crippen molar-refractivity contribution in [1.82, 2.24) is 15.2 Å². The van der Waals surface area contributed by atoms with E-state index in [1.807, 2.05) is 0 Å². The number of amides is 3. The largest absolute Gasteiger partial charge is 0.497 e. The highest BCUT2D eigenvalue weighted by atomic mass is 19.3. The molecule has 0 bridgehead atoms. The summed E-state index contributed by atoms with van der Waals surface area (Å²) >= 11 is 0. The van der Waals surface area contributed by atoms with Crippen LogP contribution < -0.4 is 20.1 Å². The van der Waals surface area contributed by atoms with Gasteiger partial charge in [-0.05, 0) is 35.9 Å². The quantitative estimate of drug-likeness (QED) is 0.536. The predicted molar refractivity (Wildman–Crippen MR) is 102 cm³/mol. The van der Waals surface area contributed by atoms with Crippen molar-refractivity contribution < 1.29 is 33.0 Å². The lowest BCUT2D eigenvalue weighted by Gasteiger charge is -2.27. The predicted octanol–water partition coefficient (Wildman–Crippen LogP) is 2.69. The van der Waals surface area contributed by atoms with Gasteiger partial charge in [0.1, 0.15) is 11.5 Å². The van der Waals surface area contributed by atoms with Gasteiger partial charge in [-0.25, -0.2) is 4.79 Å². The van der Waals surface area contributed by atoms with E-state index in [2.05, 4.69) is 15.4 Å². The maximum atomic E-state index is 12.7. The first-order chi connectivity index (χ1) is 14.3. The molecule has 3 amide bonds. The van der Waals surface area contributed by atoms with Crippen molar-refractivity contribution >= 4 is 22.7 Å². The lowest BCUT2D eigenvalue weighted by molar-refractivity contribution is -0.124. The number of rotatable bonds is 6. The Kier molecular flexibility index (Phi) is 4.69. The Morgan fingerprint density at radius 3 is 2.43 bits per heavy atom. The van der Waals surface area contributed by atoms with Crippen LogP contribution in [0.25, 0.3) is 10.8 Å². The van der Waals surface area contributed by atoms with Crippen LogP contribution in [0, 0.1) is 0 Å². The lowest BCUT2D eigenvalue weighted by Crippen LogP contribution is -2.47. The molecule has 156 valence electrons. The number of hydrogen-bond donors (Lipinski definition) is 3. The molecule has 3 N–H and O–H groups in total. The minimum absolute atomic E-state index is 0.0877. The third-order valence-corrected chi connectivity index (χ3v) is 4.99. The third kappa shape index (κ3) is 3.25. The fourth-order valence-corrected chi connectivity index (χ4v) is 3.55. The third-order valence-electron chi connectivity index (χ3n) is 4.99. The van der Waals surface area contributed by atoms with Gasteiger partial charge in [0.15, 0.2) is 11.4 Å². The molecule has 0 spiro atoms. The Hall–Kier alpha value is -3.82. The SMILES string of the molecule is COc1ccc2cn(C[C@@]3(c4ccc(OC(F)F)cc4)NC(=O)NC3=O)c(O)c2c1. The molecule has 1 aliphatic rings. The number of ether oxygens (including phenoxy) is 2. The minimum Gasteiger partial charge on any atom is -0.497 e. The molecule has 1 fully saturated rings. The number of nitrogens with zero attached hydrogens (tertiary/aromatic N) is 1. The van der Waals surface area contributed by atoms with Crippen molar-refractivity contribution in [3.8, 4) is 17.4 Å². The van der Waals surface area contributed by atoms with Crippen LogP contribution in [-0.4, -0.2) is 35.3 Å². The second-order valence-corrected chi connectivity index (χ2v) is 6.75. The Labute approximate surface area is 169 Å². The van der Waals surface area contributed by atoms with Gasteiger partial charge in [0.25, 0.3) is 5.91 Å². The summed E-state index contributed by atoms with van der Waals surface area (Å²) in [6.45, 7) is -3.12. The smallest absolute Gasteiger partial charge is 0.387 e. The van der Waals surface area contributed by atoms with Gasteiger partial charge in [-0.15, -0.1) is 0 Å². The first-order valence-electron chi connectivity index (χ1n) is 8.87. The highest BCUT2D eigenvalue weighted by Gasteiger charge is 2.48. The molecular weight excluding hydrogens is 400 g/mol. The van der Waals surface area contributed by atoms with Crippen molar-refractivity contribution in [2.24, 2.45) is 0 Å². The van der Waals surface area contributed by atoms with Crippen molar-refractivity contribution in [1.29, 1.82) is 0 Å². The number of aromatic nitrogens is 1. The summed E-state index contributed by atoms with van der Waals surface area (Å²) in [6.07, 6.45) is 1.64. The van der Waals surface area contributed by atoms with E-state index >= 15 is 0 Å². The standard InChI is InChI=1S/C20H17F2N3O5/c1-29-14-5-2-11-9-25(16(26)15(11)8-14)10-20(17(27)23-19(28)24-20)12-3-6-13(7-4-12)30-18(21)22/h2-9,18,26H,10H2,1H3,(H2,23,24,27,28)/t20-/m0/s1. The molecule has 30 heavy (non-hydrogen) atoms. The zero-order chi connectivity index (χ0) is 21.5. The number of halogens is 2. The number of hydrogen-bond acceptors (Lipinski definition) is 5. The van der Waals surface area contributed by atoms with Gasteiger partial charge >= 0.3 is 12.6 Å². The average Bonchev–Trinajstić information content (AvgIpc) is 3.17. The molecule has 0 radical (unpaired) electrons. The van der Waals surface area contributed by atoms with Crippen LogP contribution in [0.1, 0.15) is 5.56 Å². The molecule has 8 nitrogen and oxygen atoms in total. The van der Waals surface area contributed by atoms with E-state index in [0.717, 1.165) is 0 Å². The number of alkyl halides is 2. The van der Waals surface area contributed by atoms with Crippen molar-refractivity contribution in [2.75, 3.05) is 7.11 Å². The van der Waals surface area contributed by atoms with Gasteiger partial charge in [0, 0.05) is 17.0 Å². The molecule has 0 aliphatic carbocycles. The minimum atomic E-state index is -2.99. The summed E-state index contributed by atoms with van der Waals surface area (Å²) in [5.41, 5.74) is -1.22. The first-order valence-corrected chi connectivity index (χ1v) is 8.87. The molecule has 0 unspecified atom stereocenters. The lowest BCUT2D eigenvalue weighted by atomic mass is 9.89. The second-order valence-electron chi connectivity index (χ2n) is 6.75. The Bertz CT molecular complexity index is 1130. The highest BCUT2D eigenvalue weighted by Crippen LogP contribution is 2.35. The molecule has 1 saturated heterocycles. The average molecular weight is 417 g/mol. The van der Waals surface area contributed by atoms with E-state index in [-0.39, 0.29) is 18.2 Å². The summed E-state index contributed by atoms with van der Waals surface area (Å²) in [7, 11) is 1.50. The maximum absolute atomic E-state index is 12.7. The summed E-state index contributed by atoms with van der Waals surface area (Å²) in [5.74, 6) is -0.290. The molecule has 10 heteroatoms. The van der Waals surface area contributed by atoms with Gasteiger partial charge in [-0.2, -0.15) is 8.78 Å². The Morgan fingerprint density at radius 2 is 1.83 bits per heavy atom. The van der Waals surface area contributed by atoms with E-state index in [9.17, 15) is 23.5 Å². The summed E-state index contributed by atoms with van der Waals surface area (Å²) in [4.78, 5) is 24.7. The highest BCUT2D eigenvalue weighted by molar-refractivity contribution is 6.07. The zero-order valence-electron chi connectivity index (χ0n) is 15.7. The van der Waals surface area contributed by atoms with E-state index in [4.69, 9.17) is 4.74 Å². The van der Waals surface area contributed by atoms with Crippen molar-refractivity contribution in [2.45, 2.75) is 18.7 Å². The number of fused-ring (bicyclic) bond motifs is 1. The van der Waals surface area contributed by atoms with Crippen LogP contribution in [0.5, 0.6) is 17.4 Å². The molecule has 1 atom stereocenters. The molecule has 0 saturated carbocycles. The van der Waals surface area contributed by atoms with Crippen LogP contribution in [-0.2, 0) is 16.9 Å². The molecule has 3 aromatic rings.